The van der Waals surface area contributed by atoms with Gasteiger partial charge in [0.1, 0.15) is 5.75 Å². The Hall–Kier alpha value is -4.67. The Bertz CT molecular complexity index is 1390. The summed E-state index contributed by atoms with van der Waals surface area (Å²) in [4.78, 5) is 25.2. The number of benzene rings is 2. The van der Waals surface area contributed by atoms with Gasteiger partial charge in [-0.1, -0.05) is 12.1 Å². The number of pyridine rings is 1. The van der Waals surface area contributed by atoms with Gasteiger partial charge in [0.15, 0.2) is 0 Å². The molecule has 0 radical (unpaired) electrons. The second kappa shape index (κ2) is 10.3. The summed E-state index contributed by atoms with van der Waals surface area (Å²) in [6.07, 6.45) is -1.38. The van der Waals surface area contributed by atoms with Crippen molar-refractivity contribution < 1.29 is 22.7 Å². The van der Waals surface area contributed by atoms with E-state index in [4.69, 9.17) is 4.74 Å². The molecular formula is C25H21F3N6O2. The molecule has 0 spiro atoms. The van der Waals surface area contributed by atoms with Crippen molar-refractivity contribution in [2.24, 2.45) is 0 Å². The van der Waals surface area contributed by atoms with Crippen molar-refractivity contribution in [2.75, 3.05) is 23.0 Å². The Balaban J connectivity index is 1.50. The highest BCUT2D eigenvalue weighted by molar-refractivity contribution is 6.00. The van der Waals surface area contributed by atoms with Gasteiger partial charge >= 0.3 is 12.2 Å². The molecule has 0 aliphatic carbocycles. The second-order valence-corrected chi connectivity index (χ2v) is 7.58. The summed E-state index contributed by atoms with van der Waals surface area (Å²) < 4.78 is 45.6. The van der Waals surface area contributed by atoms with Gasteiger partial charge < -0.3 is 20.7 Å². The first-order valence-corrected chi connectivity index (χ1v) is 10.7. The number of hydrogen-bond acceptors (Lipinski definition) is 6. The Morgan fingerprint density at radius 1 is 0.944 bits per heavy atom. The maximum Gasteiger partial charge on any atom is 0.418 e. The lowest BCUT2D eigenvalue weighted by molar-refractivity contribution is -0.136. The molecule has 2 aromatic carbocycles. The van der Waals surface area contributed by atoms with Crippen LogP contribution in [0.3, 0.4) is 0 Å². The zero-order valence-corrected chi connectivity index (χ0v) is 19.2. The van der Waals surface area contributed by atoms with Crippen LogP contribution in [0.1, 0.15) is 11.1 Å². The van der Waals surface area contributed by atoms with Crippen LogP contribution in [0.5, 0.6) is 11.6 Å². The van der Waals surface area contributed by atoms with Crippen LogP contribution in [0, 0.1) is 6.92 Å². The van der Waals surface area contributed by atoms with Crippen LogP contribution in [-0.2, 0) is 6.18 Å². The third-order valence-corrected chi connectivity index (χ3v) is 5.05. The molecule has 0 unspecified atom stereocenters. The number of amides is 2. The number of urea groups is 1. The van der Waals surface area contributed by atoms with Gasteiger partial charge in [-0.2, -0.15) is 13.2 Å². The summed E-state index contributed by atoms with van der Waals surface area (Å²) >= 11 is 0. The number of ether oxygens (including phenoxy) is 1. The van der Waals surface area contributed by atoms with Crippen molar-refractivity contribution in [3.05, 3.63) is 84.2 Å². The van der Waals surface area contributed by atoms with Crippen LogP contribution in [0.15, 0.2) is 73.1 Å². The van der Waals surface area contributed by atoms with E-state index in [-0.39, 0.29) is 5.69 Å². The van der Waals surface area contributed by atoms with Gasteiger partial charge in [0.2, 0.25) is 11.8 Å². The first kappa shape index (κ1) is 24.5. The van der Waals surface area contributed by atoms with Crippen LogP contribution < -0.4 is 20.7 Å². The minimum absolute atomic E-state index is 0.323. The summed E-state index contributed by atoms with van der Waals surface area (Å²) in [5.41, 5.74) is 1.03. The lowest BCUT2D eigenvalue weighted by Gasteiger charge is -2.15. The highest BCUT2D eigenvalue weighted by atomic mass is 19.4. The molecule has 184 valence electrons. The Morgan fingerprint density at radius 2 is 1.75 bits per heavy atom. The van der Waals surface area contributed by atoms with E-state index in [9.17, 15) is 18.0 Å². The number of aryl methyl sites for hydroxylation is 1. The number of halogens is 3. The zero-order chi connectivity index (χ0) is 25.7. The topological polar surface area (TPSA) is 101 Å². The summed E-state index contributed by atoms with van der Waals surface area (Å²) in [6.45, 7) is 1.77. The Labute approximate surface area is 204 Å². The smallest absolute Gasteiger partial charge is 0.418 e. The fourth-order valence-corrected chi connectivity index (χ4v) is 3.37. The maximum absolute atomic E-state index is 13.2. The zero-order valence-electron chi connectivity index (χ0n) is 19.2. The first-order valence-electron chi connectivity index (χ1n) is 10.7. The Kier molecular flexibility index (Phi) is 7.00. The minimum Gasteiger partial charge on any atom is -0.438 e. The third kappa shape index (κ3) is 5.69. The van der Waals surface area contributed by atoms with Crippen LogP contribution in [0.4, 0.5) is 35.3 Å². The number of nitrogens with zero attached hydrogens (tertiary/aromatic N) is 3. The molecule has 2 aromatic heterocycles. The quantitative estimate of drug-likeness (QED) is 0.289. The largest absolute Gasteiger partial charge is 0.438 e. The first-order chi connectivity index (χ1) is 17.2. The van der Waals surface area contributed by atoms with Gasteiger partial charge in [0.25, 0.3) is 0 Å². The van der Waals surface area contributed by atoms with E-state index in [1.165, 1.54) is 18.2 Å². The molecule has 0 atom stereocenters. The molecule has 0 fully saturated rings. The number of rotatable bonds is 6. The van der Waals surface area contributed by atoms with Gasteiger partial charge in [-0.05, 0) is 61.0 Å². The van der Waals surface area contributed by atoms with Gasteiger partial charge in [0.05, 0.1) is 22.5 Å². The van der Waals surface area contributed by atoms with Crippen LogP contribution in [-0.4, -0.2) is 28.0 Å². The monoisotopic (exact) mass is 494 g/mol. The van der Waals surface area contributed by atoms with Crippen molar-refractivity contribution in [3.63, 3.8) is 0 Å². The number of carbonyl (C=O) groups is 1. The molecule has 4 rings (SSSR count). The number of nitrogens with one attached hydrogen (secondary N) is 3. The predicted molar refractivity (Wildman–Crippen MR) is 130 cm³/mol. The fraction of sp³-hybridized carbons (Fsp3) is 0.120. The lowest BCUT2D eigenvalue weighted by Crippen LogP contribution is -2.21. The summed E-state index contributed by atoms with van der Waals surface area (Å²) in [6, 6.07) is 14.1. The van der Waals surface area contributed by atoms with E-state index in [2.05, 4.69) is 30.9 Å². The molecule has 11 heteroatoms. The third-order valence-electron chi connectivity index (χ3n) is 5.05. The van der Waals surface area contributed by atoms with Crippen LogP contribution >= 0.6 is 0 Å². The van der Waals surface area contributed by atoms with E-state index in [1.807, 2.05) is 6.07 Å². The lowest BCUT2D eigenvalue weighted by atomic mass is 10.1. The molecule has 4 aromatic rings. The highest BCUT2D eigenvalue weighted by Crippen LogP contribution is 2.35. The molecule has 3 N–H and O–H groups in total. The van der Waals surface area contributed by atoms with E-state index in [0.29, 0.717) is 40.1 Å². The molecule has 0 aliphatic rings. The summed E-state index contributed by atoms with van der Waals surface area (Å²) in [7, 11) is 1.72. The van der Waals surface area contributed by atoms with E-state index < -0.39 is 17.8 Å². The van der Waals surface area contributed by atoms with Gasteiger partial charge in [-0.3, -0.25) is 0 Å². The summed E-state index contributed by atoms with van der Waals surface area (Å²) in [5, 5.41) is 7.67. The van der Waals surface area contributed by atoms with Crippen molar-refractivity contribution >= 4 is 23.4 Å². The molecule has 0 saturated heterocycles. The fourth-order valence-electron chi connectivity index (χ4n) is 3.37. The number of anilines is 3. The maximum atomic E-state index is 13.2. The van der Waals surface area contributed by atoms with Crippen molar-refractivity contribution in [3.8, 4) is 22.9 Å². The summed E-state index contributed by atoms with van der Waals surface area (Å²) in [5.74, 6) is 1.25. The Morgan fingerprint density at radius 3 is 2.50 bits per heavy atom. The number of carbonyl (C=O) groups excluding carboxylic acids is 1. The van der Waals surface area contributed by atoms with Gasteiger partial charge in [-0.25, -0.2) is 19.7 Å². The molecule has 0 aliphatic heterocycles. The average molecular weight is 494 g/mol. The number of hydrogen-bond donors (Lipinski definition) is 3. The number of aromatic nitrogens is 3. The number of para-hydroxylation sites is 1. The van der Waals surface area contributed by atoms with Crippen molar-refractivity contribution in [2.45, 2.75) is 13.1 Å². The highest BCUT2D eigenvalue weighted by Gasteiger charge is 2.33. The normalized spacial score (nSPS) is 11.0. The van der Waals surface area contributed by atoms with E-state index in [0.717, 1.165) is 6.07 Å². The molecule has 2 amide bonds. The predicted octanol–water partition coefficient (Wildman–Crippen LogP) is 6.34. The van der Waals surface area contributed by atoms with Crippen LogP contribution in [0.25, 0.3) is 11.3 Å². The average Bonchev–Trinajstić information content (AvgIpc) is 2.85. The van der Waals surface area contributed by atoms with Crippen LogP contribution in [0.2, 0.25) is 0 Å². The molecule has 2 heterocycles. The van der Waals surface area contributed by atoms with Gasteiger partial charge in [-0.15, -0.1) is 0 Å². The molecule has 0 saturated carbocycles. The van der Waals surface area contributed by atoms with Crippen molar-refractivity contribution in [1.29, 1.82) is 0 Å². The standard InChI is InChI=1S/C25H21F3N6O2/c1-15-14-16(32-24(35)34-20-8-4-3-7-18(20)25(26,27)28)9-10-21(15)36-22-17(6-5-12-30-22)19-11-13-31-23(29-2)33-19/h3-14H,1-2H3,(H,29,31,33)(H2,32,34,35). The molecular weight excluding hydrogens is 473 g/mol. The van der Waals surface area contributed by atoms with Crippen molar-refractivity contribution in [1.82, 2.24) is 15.0 Å². The SMILES string of the molecule is CNc1nccc(-c2cccnc2Oc2ccc(NC(=O)Nc3ccccc3C(F)(F)F)cc2C)n1. The van der Waals surface area contributed by atoms with E-state index >= 15 is 0 Å². The second-order valence-electron chi connectivity index (χ2n) is 7.58. The number of alkyl halides is 3. The molecule has 36 heavy (non-hydrogen) atoms. The molecule has 0 bridgehead atoms. The van der Waals surface area contributed by atoms with Gasteiger partial charge in [0, 0.05) is 25.1 Å². The van der Waals surface area contributed by atoms with E-state index in [1.54, 1.807) is 56.7 Å². The minimum atomic E-state index is -4.59. The molecule has 8 nitrogen and oxygen atoms in total.